The minimum atomic E-state index is -0.518. The summed E-state index contributed by atoms with van der Waals surface area (Å²) in [6.07, 6.45) is 2.13. The van der Waals surface area contributed by atoms with Crippen LogP contribution in [0.2, 0.25) is 0 Å². The maximum absolute atomic E-state index is 12.5. The van der Waals surface area contributed by atoms with Crippen molar-refractivity contribution in [1.29, 1.82) is 0 Å². The summed E-state index contributed by atoms with van der Waals surface area (Å²) in [5, 5.41) is 0. The Labute approximate surface area is 170 Å². The van der Waals surface area contributed by atoms with E-state index in [9.17, 15) is 19.2 Å². The summed E-state index contributed by atoms with van der Waals surface area (Å²) >= 11 is 0. The lowest BCUT2D eigenvalue weighted by Gasteiger charge is -2.21. The summed E-state index contributed by atoms with van der Waals surface area (Å²) in [5.41, 5.74) is 0.803. The third-order valence-corrected chi connectivity index (χ3v) is 4.98. The molecule has 1 aromatic rings. The van der Waals surface area contributed by atoms with Crippen molar-refractivity contribution in [1.82, 2.24) is 0 Å². The number of carbonyl (C=O) groups is 4. The van der Waals surface area contributed by atoms with E-state index in [0.29, 0.717) is 12.8 Å². The molecule has 2 unspecified atom stereocenters. The fourth-order valence-corrected chi connectivity index (χ4v) is 3.41. The van der Waals surface area contributed by atoms with Gasteiger partial charge in [-0.05, 0) is 25.3 Å². The van der Waals surface area contributed by atoms with Crippen molar-refractivity contribution in [3.63, 3.8) is 0 Å². The number of Topliss-reactive ketones (excluding diaryl/α,β-unsaturated/α-hetero) is 4. The van der Waals surface area contributed by atoms with Crippen LogP contribution in [0.5, 0.6) is 0 Å². The highest BCUT2D eigenvalue weighted by atomic mass is 16.2. The third kappa shape index (κ3) is 7.87. The van der Waals surface area contributed by atoms with Crippen LogP contribution < -0.4 is 0 Å². The monoisotopic (exact) mass is 388 g/mol. The molecular weight excluding hydrogens is 352 g/mol. The quantitative estimate of drug-likeness (QED) is 0.454. The second-order valence-electron chi connectivity index (χ2n) is 6.94. The van der Waals surface area contributed by atoms with Gasteiger partial charge in [-0.3, -0.25) is 19.2 Å². The molecule has 0 heterocycles. The fourth-order valence-electron chi connectivity index (χ4n) is 3.41. The van der Waals surface area contributed by atoms with Crippen molar-refractivity contribution in [2.24, 2.45) is 11.8 Å². The van der Waals surface area contributed by atoms with E-state index in [2.05, 4.69) is 0 Å². The van der Waals surface area contributed by atoms with Crippen LogP contribution in [0.3, 0.4) is 0 Å². The van der Waals surface area contributed by atoms with Crippen molar-refractivity contribution in [2.75, 3.05) is 0 Å². The molecular formula is C24H36O4. The normalized spacial score (nSPS) is 13.5. The predicted octanol–water partition coefficient (Wildman–Crippen LogP) is 5.34. The average molecular weight is 389 g/mol. The van der Waals surface area contributed by atoms with Crippen molar-refractivity contribution in [3.05, 3.63) is 35.9 Å². The molecule has 28 heavy (non-hydrogen) atoms. The highest BCUT2D eigenvalue weighted by Crippen LogP contribution is 2.27. The zero-order chi connectivity index (χ0) is 21.7. The Balaban J connectivity index is 0.00000352. The second kappa shape index (κ2) is 14.0. The van der Waals surface area contributed by atoms with E-state index in [1.807, 2.05) is 58.0 Å². The van der Waals surface area contributed by atoms with Gasteiger partial charge in [0.25, 0.3) is 0 Å². The van der Waals surface area contributed by atoms with Gasteiger partial charge >= 0.3 is 0 Å². The van der Waals surface area contributed by atoms with Crippen molar-refractivity contribution in [2.45, 2.75) is 79.6 Å². The Morgan fingerprint density at radius 2 is 1.50 bits per heavy atom. The van der Waals surface area contributed by atoms with Gasteiger partial charge in [-0.15, -0.1) is 0 Å². The molecule has 1 aromatic carbocycles. The van der Waals surface area contributed by atoms with E-state index < -0.39 is 17.6 Å². The number of hydrogen-bond acceptors (Lipinski definition) is 4. The van der Waals surface area contributed by atoms with E-state index in [4.69, 9.17) is 0 Å². The molecule has 156 valence electrons. The molecule has 0 spiro atoms. The zero-order valence-electron chi connectivity index (χ0n) is 18.3. The van der Waals surface area contributed by atoms with Gasteiger partial charge in [-0.1, -0.05) is 71.4 Å². The van der Waals surface area contributed by atoms with Crippen LogP contribution in [-0.2, 0) is 19.2 Å². The smallest absolute Gasteiger partial charge is 0.201 e. The topological polar surface area (TPSA) is 68.3 Å². The molecule has 0 bridgehead atoms. The first kappa shape index (κ1) is 25.9. The van der Waals surface area contributed by atoms with Crippen molar-refractivity contribution < 1.29 is 19.2 Å². The molecule has 4 heteroatoms. The second-order valence-corrected chi connectivity index (χ2v) is 6.94. The number of hydrogen-bond donors (Lipinski definition) is 0. The fraction of sp³-hybridized carbons (Fsp3) is 0.583. The Kier molecular flexibility index (Phi) is 12.9. The third-order valence-electron chi connectivity index (χ3n) is 4.98. The molecule has 0 saturated carbocycles. The first-order chi connectivity index (χ1) is 13.3. The molecule has 1 rings (SSSR count). The largest absolute Gasteiger partial charge is 0.299 e. The Bertz CT molecular complexity index is 633. The molecule has 4 nitrogen and oxygen atoms in total. The molecule has 0 saturated heterocycles. The summed E-state index contributed by atoms with van der Waals surface area (Å²) in [4.78, 5) is 48.9. The summed E-state index contributed by atoms with van der Waals surface area (Å²) in [7, 11) is 0. The van der Waals surface area contributed by atoms with Gasteiger partial charge in [0.05, 0.1) is 5.92 Å². The Morgan fingerprint density at radius 3 is 1.96 bits per heavy atom. The molecule has 0 aliphatic rings. The molecule has 0 aliphatic heterocycles. The zero-order valence-corrected chi connectivity index (χ0v) is 18.3. The molecule has 0 aromatic heterocycles. The molecule has 0 N–H and O–H groups in total. The number of rotatable bonds is 12. The van der Waals surface area contributed by atoms with Crippen LogP contribution in [0.15, 0.2) is 30.3 Å². The van der Waals surface area contributed by atoms with E-state index in [0.717, 1.165) is 12.0 Å². The molecule has 0 aliphatic carbocycles. The molecule has 0 fully saturated rings. The minimum Gasteiger partial charge on any atom is -0.299 e. The van der Waals surface area contributed by atoms with E-state index in [-0.39, 0.29) is 36.1 Å². The predicted molar refractivity (Wildman–Crippen MR) is 113 cm³/mol. The van der Waals surface area contributed by atoms with E-state index in [1.165, 1.54) is 6.92 Å². The maximum atomic E-state index is 12.5. The Morgan fingerprint density at radius 1 is 0.929 bits per heavy atom. The van der Waals surface area contributed by atoms with Gasteiger partial charge in [-0.25, -0.2) is 0 Å². The Hall–Kier alpha value is -2.10. The first-order valence-electron chi connectivity index (χ1n) is 10.5. The van der Waals surface area contributed by atoms with Crippen LogP contribution >= 0.6 is 0 Å². The summed E-state index contributed by atoms with van der Waals surface area (Å²) in [6.45, 7) is 11.1. The average Bonchev–Trinajstić information content (AvgIpc) is 2.71. The van der Waals surface area contributed by atoms with Gasteiger partial charge < -0.3 is 0 Å². The van der Waals surface area contributed by atoms with Gasteiger partial charge in [0.2, 0.25) is 5.78 Å². The van der Waals surface area contributed by atoms with Crippen LogP contribution in [0.1, 0.15) is 85.1 Å². The number of benzene rings is 1. The summed E-state index contributed by atoms with van der Waals surface area (Å²) in [5.74, 6) is -2.33. The highest BCUT2D eigenvalue weighted by molar-refractivity contribution is 6.38. The number of carbonyl (C=O) groups excluding carboxylic acids is 4. The standard InChI is InChI=1S/C22H30O4.C2H6/c1-5-10-17(6-2)22(26)20(25)14-13-19(24)15(3)21(16(4)23)18-11-8-7-9-12-18;1-2/h7-9,11-12,15,17,21H,5-6,10,13-14H2,1-4H3;1-2H3/t15?,17?,21-;/m1./s1. The summed E-state index contributed by atoms with van der Waals surface area (Å²) < 4.78 is 0. The SMILES string of the molecule is CC.CCCC(CC)C(=O)C(=O)CCC(=O)C(C)[C@H](C(C)=O)c1ccccc1. The summed E-state index contributed by atoms with van der Waals surface area (Å²) in [6, 6.07) is 9.20. The van der Waals surface area contributed by atoms with Gasteiger partial charge in [0, 0.05) is 24.7 Å². The van der Waals surface area contributed by atoms with E-state index >= 15 is 0 Å². The van der Waals surface area contributed by atoms with Gasteiger partial charge in [0.1, 0.15) is 11.6 Å². The van der Waals surface area contributed by atoms with Crippen molar-refractivity contribution in [3.8, 4) is 0 Å². The van der Waals surface area contributed by atoms with Crippen LogP contribution in [0.4, 0.5) is 0 Å². The van der Waals surface area contributed by atoms with Gasteiger partial charge in [0.15, 0.2) is 5.78 Å². The van der Waals surface area contributed by atoms with Crippen LogP contribution in [0.25, 0.3) is 0 Å². The lowest BCUT2D eigenvalue weighted by molar-refractivity contribution is -0.140. The number of ketones is 4. The molecule has 0 amide bonds. The lowest BCUT2D eigenvalue weighted by Crippen LogP contribution is -2.27. The van der Waals surface area contributed by atoms with Crippen molar-refractivity contribution >= 4 is 23.1 Å². The minimum absolute atomic E-state index is 0.00487. The molecule has 0 radical (unpaired) electrons. The molecule has 3 atom stereocenters. The maximum Gasteiger partial charge on any atom is 0.201 e. The highest BCUT2D eigenvalue weighted by Gasteiger charge is 2.30. The van der Waals surface area contributed by atoms with E-state index in [1.54, 1.807) is 6.92 Å². The first-order valence-corrected chi connectivity index (χ1v) is 10.5. The van der Waals surface area contributed by atoms with Crippen LogP contribution in [0, 0.1) is 11.8 Å². The lowest BCUT2D eigenvalue weighted by atomic mass is 9.80. The van der Waals surface area contributed by atoms with Gasteiger partial charge in [-0.2, -0.15) is 0 Å². The van der Waals surface area contributed by atoms with Crippen LogP contribution in [-0.4, -0.2) is 23.1 Å².